The molecule has 0 radical (unpaired) electrons. The van der Waals surface area contributed by atoms with Crippen molar-refractivity contribution in [2.75, 3.05) is 29.9 Å². The van der Waals surface area contributed by atoms with E-state index in [9.17, 15) is 0 Å². The van der Waals surface area contributed by atoms with E-state index < -0.39 is 0 Å². The molecule has 1 aliphatic rings. The van der Waals surface area contributed by atoms with Crippen LogP contribution in [0.15, 0.2) is 24.4 Å². The van der Waals surface area contributed by atoms with E-state index in [-0.39, 0.29) is 30.9 Å². The second-order valence-electron chi connectivity index (χ2n) is 6.20. The molecule has 2 heterocycles. The summed E-state index contributed by atoms with van der Waals surface area (Å²) in [6, 6.07) is 5.77. The lowest BCUT2D eigenvalue weighted by Crippen LogP contribution is -2.49. The molecule has 0 bridgehead atoms. The average Bonchev–Trinajstić information content (AvgIpc) is 2.56. The van der Waals surface area contributed by atoms with Gasteiger partial charge in [0.2, 0.25) is 5.95 Å². The van der Waals surface area contributed by atoms with Crippen LogP contribution in [0, 0.1) is 0 Å². The molecule has 0 saturated carbocycles. The highest BCUT2D eigenvalue weighted by Gasteiger charge is 2.20. The van der Waals surface area contributed by atoms with E-state index in [0.717, 1.165) is 25.2 Å². The fourth-order valence-electron chi connectivity index (χ4n) is 2.86. The zero-order valence-corrected chi connectivity index (χ0v) is 18.8. The number of hydrogen-bond donors (Lipinski definition) is 2. The first kappa shape index (κ1) is 24.3. The Bertz CT molecular complexity index is 760. The molecule has 0 spiro atoms. The van der Waals surface area contributed by atoms with Crippen LogP contribution < -0.4 is 15.5 Å². The number of aromatic nitrogens is 2. The zero-order valence-electron chi connectivity index (χ0n) is 14.9. The van der Waals surface area contributed by atoms with E-state index >= 15 is 0 Å². The number of anilines is 2. The molecule has 1 unspecified atom stereocenters. The second kappa shape index (κ2) is 10.7. The summed E-state index contributed by atoms with van der Waals surface area (Å²) in [6.45, 7) is 6.78. The van der Waals surface area contributed by atoms with E-state index in [1.165, 1.54) is 0 Å². The first-order valence-corrected chi connectivity index (χ1v) is 9.30. The third kappa shape index (κ3) is 6.14. The lowest BCUT2D eigenvalue weighted by molar-refractivity contribution is 0.479. The lowest BCUT2D eigenvalue weighted by Gasteiger charge is -2.32. The van der Waals surface area contributed by atoms with E-state index in [2.05, 4.69) is 32.4 Å². The van der Waals surface area contributed by atoms with Crippen molar-refractivity contribution < 1.29 is 0 Å². The zero-order chi connectivity index (χ0) is 18.0. The number of nitrogens with zero attached hydrogens (tertiary/aromatic N) is 3. The Hall–Kier alpha value is -0.690. The van der Waals surface area contributed by atoms with E-state index in [4.69, 9.17) is 34.8 Å². The molecule has 1 aromatic carbocycles. The van der Waals surface area contributed by atoms with Crippen molar-refractivity contribution >= 4 is 71.4 Å². The van der Waals surface area contributed by atoms with Gasteiger partial charge < -0.3 is 15.5 Å². The number of nitrogens with one attached hydrogen (secondary N) is 2. The van der Waals surface area contributed by atoms with Gasteiger partial charge in [-0.25, -0.2) is 4.98 Å². The molecular formula is C17H22Cl5N5. The van der Waals surface area contributed by atoms with Crippen LogP contribution in [0.25, 0.3) is 0 Å². The summed E-state index contributed by atoms with van der Waals surface area (Å²) in [6.07, 6.45) is 1.63. The van der Waals surface area contributed by atoms with Crippen molar-refractivity contribution in [1.82, 2.24) is 15.3 Å². The predicted octanol–water partition coefficient (Wildman–Crippen LogP) is 5.25. The minimum absolute atomic E-state index is 0. The Kier molecular flexibility index (Phi) is 9.69. The standard InChI is InChI=1S/C17H20Cl3N5.2ClH/c1-10-9-25(6-5-21-10)17-22-8-15(20)16(24-17)23-11(2)13-4-3-12(18)7-14(13)19;;/h3-4,7-8,10-11,21H,5-6,9H2,1-2H3,(H,22,23,24);2*1H/t10-,11?;;/m1../s1. The highest BCUT2D eigenvalue weighted by atomic mass is 35.5. The van der Waals surface area contributed by atoms with Crippen LogP contribution in [-0.4, -0.2) is 35.6 Å². The summed E-state index contributed by atoms with van der Waals surface area (Å²) < 4.78 is 0. The molecule has 2 N–H and O–H groups in total. The molecule has 10 heteroatoms. The number of rotatable bonds is 4. The Morgan fingerprint density at radius 1 is 1.22 bits per heavy atom. The van der Waals surface area contributed by atoms with E-state index in [1.807, 2.05) is 19.1 Å². The van der Waals surface area contributed by atoms with Gasteiger partial charge in [0.15, 0.2) is 5.82 Å². The Morgan fingerprint density at radius 2 is 1.96 bits per heavy atom. The molecule has 3 rings (SSSR count). The summed E-state index contributed by atoms with van der Waals surface area (Å²) >= 11 is 18.6. The summed E-state index contributed by atoms with van der Waals surface area (Å²) in [7, 11) is 0. The van der Waals surface area contributed by atoms with Crippen LogP contribution in [0.4, 0.5) is 11.8 Å². The molecule has 150 valence electrons. The van der Waals surface area contributed by atoms with Gasteiger partial charge in [0.05, 0.1) is 12.2 Å². The molecule has 1 saturated heterocycles. The van der Waals surface area contributed by atoms with Gasteiger partial charge in [0.25, 0.3) is 0 Å². The molecule has 1 fully saturated rings. The minimum atomic E-state index is -0.0769. The van der Waals surface area contributed by atoms with Crippen molar-refractivity contribution in [2.24, 2.45) is 0 Å². The Morgan fingerprint density at radius 3 is 2.63 bits per heavy atom. The van der Waals surface area contributed by atoms with Crippen LogP contribution in [0.2, 0.25) is 15.1 Å². The van der Waals surface area contributed by atoms with Crippen LogP contribution >= 0.6 is 59.6 Å². The van der Waals surface area contributed by atoms with Gasteiger partial charge in [0.1, 0.15) is 5.02 Å². The minimum Gasteiger partial charge on any atom is -0.362 e. The van der Waals surface area contributed by atoms with Crippen molar-refractivity contribution in [2.45, 2.75) is 25.9 Å². The molecule has 2 atom stereocenters. The second-order valence-corrected chi connectivity index (χ2v) is 7.45. The van der Waals surface area contributed by atoms with Gasteiger partial charge in [-0.3, -0.25) is 0 Å². The number of hydrogen-bond acceptors (Lipinski definition) is 5. The molecule has 5 nitrogen and oxygen atoms in total. The maximum atomic E-state index is 6.29. The third-order valence-electron chi connectivity index (χ3n) is 4.17. The fraction of sp³-hybridized carbons (Fsp3) is 0.412. The van der Waals surface area contributed by atoms with Gasteiger partial charge in [-0.2, -0.15) is 4.98 Å². The van der Waals surface area contributed by atoms with Gasteiger partial charge in [0, 0.05) is 35.7 Å². The number of halogens is 5. The largest absolute Gasteiger partial charge is 0.362 e. The molecular weight excluding hydrogens is 451 g/mol. The Labute approximate surface area is 187 Å². The maximum Gasteiger partial charge on any atom is 0.227 e. The molecule has 0 amide bonds. The first-order valence-electron chi connectivity index (χ1n) is 8.16. The molecule has 0 aliphatic carbocycles. The van der Waals surface area contributed by atoms with E-state index in [0.29, 0.717) is 32.9 Å². The van der Waals surface area contributed by atoms with Crippen LogP contribution in [-0.2, 0) is 0 Å². The predicted molar refractivity (Wildman–Crippen MR) is 120 cm³/mol. The monoisotopic (exact) mass is 471 g/mol. The van der Waals surface area contributed by atoms with Crippen LogP contribution in [0.3, 0.4) is 0 Å². The summed E-state index contributed by atoms with van der Waals surface area (Å²) in [5.41, 5.74) is 0.929. The molecule has 1 aliphatic heterocycles. The van der Waals surface area contributed by atoms with Crippen molar-refractivity contribution in [1.29, 1.82) is 0 Å². The molecule has 2 aromatic rings. The van der Waals surface area contributed by atoms with Crippen LogP contribution in [0.5, 0.6) is 0 Å². The topological polar surface area (TPSA) is 53.1 Å². The van der Waals surface area contributed by atoms with Crippen molar-refractivity contribution in [3.05, 3.63) is 45.0 Å². The fourth-order valence-corrected chi connectivity index (χ4v) is 3.58. The highest BCUT2D eigenvalue weighted by molar-refractivity contribution is 6.35. The first-order chi connectivity index (χ1) is 11.9. The maximum absolute atomic E-state index is 6.29. The summed E-state index contributed by atoms with van der Waals surface area (Å²) in [5.74, 6) is 1.27. The normalized spacial score (nSPS) is 17.5. The lowest BCUT2D eigenvalue weighted by atomic mass is 10.1. The molecule has 27 heavy (non-hydrogen) atoms. The smallest absolute Gasteiger partial charge is 0.227 e. The van der Waals surface area contributed by atoms with Gasteiger partial charge in [-0.05, 0) is 31.5 Å². The van der Waals surface area contributed by atoms with Gasteiger partial charge >= 0.3 is 0 Å². The molecule has 1 aromatic heterocycles. The van der Waals surface area contributed by atoms with Crippen molar-refractivity contribution in [3.8, 4) is 0 Å². The average molecular weight is 474 g/mol. The quantitative estimate of drug-likeness (QED) is 0.635. The van der Waals surface area contributed by atoms with Crippen molar-refractivity contribution in [3.63, 3.8) is 0 Å². The Balaban J connectivity index is 0.00000182. The van der Waals surface area contributed by atoms with Gasteiger partial charge in [-0.15, -0.1) is 24.8 Å². The number of piperazine rings is 1. The summed E-state index contributed by atoms with van der Waals surface area (Å²) in [4.78, 5) is 11.2. The highest BCUT2D eigenvalue weighted by Crippen LogP contribution is 2.30. The van der Waals surface area contributed by atoms with Crippen LogP contribution in [0.1, 0.15) is 25.5 Å². The number of benzene rings is 1. The van der Waals surface area contributed by atoms with Gasteiger partial charge in [-0.1, -0.05) is 40.9 Å². The summed E-state index contributed by atoms with van der Waals surface area (Å²) in [5, 5.41) is 8.42. The third-order valence-corrected chi connectivity index (χ3v) is 5.00. The SMILES string of the molecule is CC(Nc1nc(N2CCN[C@H](C)C2)ncc1Cl)c1ccc(Cl)cc1Cl.Cl.Cl. The van der Waals surface area contributed by atoms with E-state index in [1.54, 1.807) is 12.3 Å².